The number of benzene rings is 2. The molecule has 110 valence electrons. The molecule has 2 aromatic rings. The van der Waals surface area contributed by atoms with Gasteiger partial charge in [-0.25, -0.2) is 0 Å². The molecule has 0 aliphatic carbocycles. The predicted molar refractivity (Wildman–Crippen MR) is 88.1 cm³/mol. The zero-order valence-electron chi connectivity index (χ0n) is 12.6. The zero-order chi connectivity index (χ0) is 15.1. The van der Waals surface area contributed by atoms with Crippen molar-refractivity contribution in [3.8, 4) is 11.5 Å². The van der Waals surface area contributed by atoms with Gasteiger partial charge in [-0.05, 0) is 0 Å². The first kappa shape index (κ1) is 17.0. The number of ether oxygens (including phenoxy) is 2. The van der Waals surface area contributed by atoms with Gasteiger partial charge in [0, 0.05) is 0 Å². The normalized spacial score (nSPS) is 11.4. The van der Waals surface area contributed by atoms with E-state index in [0.29, 0.717) is 0 Å². The Kier molecular flexibility index (Phi) is 6.69. The van der Waals surface area contributed by atoms with Crippen LogP contribution in [0.3, 0.4) is 0 Å². The molecule has 2 radical (unpaired) electrons. The van der Waals surface area contributed by atoms with Gasteiger partial charge in [0.1, 0.15) is 0 Å². The Labute approximate surface area is 141 Å². The van der Waals surface area contributed by atoms with E-state index in [2.05, 4.69) is 14.8 Å². The van der Waals surface area contributed by atoms with E-state index >= 15 is 0 Å². The summed E-state index contributed by atoms with van der Waals surface area (Å²) in [6.45, 7) is 0. The topological polar surface area (TPSA) is 27.7 Å². The van der Waals surface area contributed by atoms with Gasteiger partial charge in [-0.2, -0.15) is 0 Å². The molecule has 0 heterocycles. The summed E-state index contributed by atoms with van der Waals surface area (Å²) < 4.78 is 18.1. The van der Waals surface area contributed by atoms with E-state index in [9.17, 15) is 0 Å². The first-order chi connectivity index (χ1) is 10.1. The minimum absolute atomic E-state index is 0.287. The number of para-hydroxylation sites is 2. The molecule has 0 aromatic heterocycles. The summed E-state index contributed by atoms with van der Waals surface area (Å²) in [4.78, 5) is 6.62. The van der Waals surface area contributed by atoms with Gasteiger partial charge >= 0.3 is 143 Å². The van der Waals surface area contributed by atoms with Crippen molar-refractivity contribution in [2.45, 2.75) is 19.1 Å². The van der Waals surface area contributed by atoms with Gasteiger partial charge in [-0.1, -0.05) is 0 Å². The molecule has 0 bridgehead atoms. The summed E-state index contributed by atoms with van der Waals surface area (Å²) in [7, 11) is 0. The molecule has 0 N–H and O–H groups in total. The predicted octanol–water partition coefficient (Wildman–Crippen LogP) is 3.90. The third-order valence-corrected chi connectivity index (χ3v) is 22.9. The van der Waals surface area contributed by atoms with Crippen LogP contribution in [0, 0.1) is 0 Å². The van der Waals surface area contributed by atoms with Gasteiger partial charge in [0.05, 0.1) is 0 Å². The van der Waals surface area contributed by atoms with E-state index in [1.165, 1.54) is 0 Å². The second kappa shape index (κ2) is 8.29. The van der Waals surface area contributed by atoms with Crippen LogP contribution in [0.2, 0.25) is 14.8 Å². The molecule has 0 atom stereocenters. The molecular weight excluding hydrogens is 478 g/mol. The number of hydrogen-bond donors (Lipinski definition) is 0. The Bertz CT molecular complexity index is 490. The Morgan fingerprint density at radius 1 is 0.810 bits per heavy atom. The van der Waals surface area contributed by atoms with E-state index in [4.69, 9.17) is 10.9 Å². The van der Waals surface area contributed by atoms with E-state index in [1.54, 1.807) is 0 Å². The quantitative estimate of drug-likeness (QED) is 0.429. The molecule has 0 saturated heterocycles. The fourth-order valence-corrected chi connectivity index (χ4v) is 18.0. The van der Waals surface area contributed by atoms with Gasteiger partial charge in [0.25, 0.3) is 0 Å². The van der Waals surface area contributed by atoms with Gasteiger partial charge in [-0.3, -0.25) is 0 Å². The molecule has 5 heteroatoms. The number of hydrogen-bond acceptors (Lipinski definition) is 3. The first-order valence-corrected chi connectivity index (χ1v) is 19.4. The van der Waals surface area contributed by atoms with Crippen LogP contribution >= 0.6 is 0 Å². The van der Waals surface area contributed by atoms with Crippen LogP contribution in [0.15, 0.2) is 60.7 Å². The van der Waals surface area contributed by atoms with Crippen LogP contribution in [-0.4, -0.2) is 44.7 Å². The maximum atomic E-state index is 6.17. The molecule has 0 fully saturated rings. The summed E-state index contributed by atoms with van der Waals surface area (Å²) in [6, 6.07) is 19.6. The minimum atomic E-state index is -2.87. The molecule has 0 spiro atoms. The van der Waals surface area contributed by atoms with Crippen molar-refractivity contribution >= 4 is 40.3 Å². The third kappa shape index (κ3) is 5.38. The van der Waals surface area contributed by atoms with Crippen LogP contribution < -0.4 is 9.47 Å². The van der Waals surface area contributed by atoms with Crippen molar-refractivity contribution in [1.29, 1.82) is 0 Å². The van der Waals surface area contributed by atoms with E-state index < -0.39 is 40.3 Å². The van der Waals surface area contributed by atoms with Crippen LogP contribution in [0.4, 0.5) is 0 Å². The summed E-state index contributed by atoms with van der Waals surface area (Å²) in [5, 5.41) is 0. The van der Waals surface area contributed by atoms with Gasteiger partial charge in [0.2, 0.25) is 0 Å². The second-order valence-electron chi connectivity index (χ2n) is 5.10. The fraction of sp³-hybridized carbons (Fsp3) is 0.250. The summed E-state index contributed by atoms with van der Waals surface area (Å²) in [5.41, 5.74) is 0. The summed E-state index contributed by atoms with van der Waals surface area (Å²) >= 11 is -3.61. The summed E-state index contributed by atoms with van der Waals surface area (Å²) in [6.07, 6.45) is 0. The Hall–Kier alpha value is -0.403. The average Bonchev–Trinajstić information content (AvgIpc) is 2.49. The van der Waals surface area contributed by atoms with Crippen molar-refractivity contribution < 1.29 is 10.9 Å². The molecule has 2 aromatic carbocycles. The van der Waals surface area contributed by atoms with Gasteiger partial charge in [0.15, 0.2) is 0 Å². The van der Waals surface area contributed by atoms with Crippen molar-refractivity contribution in [2.24, 2.45) is 0 Å². The van der Waals surface area contributed by atoms with E-state index in [-0.39, 0.29) is 4.31 Å². The fourth-order valence-electron chi connectivity index (χ4n) is 1.86. The van der Waals surface area contributed by atoms with Crippen LogP contribution in [0.25, 0.3) is 0 Å². The molecule has 0 aliphatic rings. The van der Waals surface area contributed by atoms with Crippen molar-refractivity contribution in [3.05, 3.63) is 60.7 Å². The summed E-state index contributed by atoms with van der Waals surface area (Å²) in [5.74, 6) is 1.65. The standard InChI is InChI=1S/C13H11O2.3CH3.O.2Sn/c1-3-7-12(8-4-1)14-11-15-13-9-5-2-6-10-13;;;;;;/h1-11H;3*1H3;;;. The molecule has 3 nitrogen and oxygen atoms in total. The Morgan fingerprint density at radius 3 is 1.62 bits per heavy atom. The molecule has 0 aliphatic heterocycles. The molecule has 2 rings (SSSR count). The average molecular weight is 498 g/mol. The van der Waals surface area contributed by atoms with Crippen molar-refractivity contribution in [3.63, 3.8) is 0 Å². The molecule has 0 saturated carbocycles. The molecule has 0 unspecified atom stereocenters. The Balaban J connectivity index is 2.18. The molecule has 0 amide bonds. The van der Waals surface area contributed by atoms with Crippen molar-refractivity contribution in [1.82, 2.24) is 0 Å². The zero-order valence-corrected chi connectivity index (χ0v) is 18.3. The Morgan fingerprint density at radius 2 is 1.24 bits per heavy atom. The maximum absolute atomic E-state index is 6.17. The monoisotopic (exact) mass is 500 g/mol. The molecular formula is C16H20O3Sn2. The SMILES string of the molecule is [CH3][Sn][O][Sn]([CH3])([CH3])[CH](Oc1ccccc1)Oc1ccccc1. The number of rotatable bonds is 7. The van der Waals surface area contributed by atoms with Crippen LogP contribution in [0.1, 0.15) is 0 Å². The van der Waals surface area contributed by atoms with E-state index in [1.807, 2.05) is 60.7 Å². The molecule has 21 heavy (non-hydrogen) atoms. The second-order valence-corrected chi connectivity index (χ2v) is 21.3. The van der Waals surface area contributed by atoms with Crippen LogP contribution in [0.5, 0.6) is 11.5 Å². The van der Waals surface area contributed by atoms with Crippen LogP contribution in [-0.2, 0) is 1.41 Å². The van der Waals surface area contributed by atoms with E-state index in [0.717, 1.165) is 11.5 Å². The van der Waals surface area contributed by atoms with Gasteiger partial charge < -0.3 is 0 Å². The third-order valence-electron chi connectivity index (χ3n) is 2.91. The first-order valence-electron chi connectivity index (χ1n) is 6.90. The van der Waals surface area contributed by atoms with Crippen molar-refractivity contribution in [2.75, 3.05) is 0 Å². The van der Waals surface area contributed by atoms with Gasteiger partial charge in [-0.15, -0.1) is 0 Å².